The molecule has 0 unspecified atom stereocenters. The molecule has 3 nitrogen and oxygen atoms in total. The Morgan fingerprint density at radius 3 is 2.47 bits per heavy atom. The van der Waals surface area contributed by atoms with Gasteiger partial charge in [0, 0.05) is 24.0 Å². The normalized spacial score (nSPS) is 10.3. The number of carbonyl (C=O) groups excluding carboxylic acids is 1. The van der Waals surface area contributed by atoms with Gasteiger partial charge in [0.25, 0.3) is 5.91 Å². The Balaban J connectivity index is 2.33. The van der Waals surface area contributed by atoms with E-state index in [-0.39, 0.29) is 5.91 Å². The molecule has 19 heavy (non-hydrogen) atoms. The molecule has 0 aliphatic heterocycles. The van der Waals surface area contributed by atoms with Crippen molar-refractivity contribution in [3.63, 3.8) is 0 Å². The number of nitrogen functional groups attached to an aromatic ring is 1. The van der Waals surface area contributed by atoms with Crippen LogP contribution in [0.5, 0.6) is 0 Å². The maximum absolute atomic E-state index is 12.5. The van der Waals surface area contributed by atoms with Gasteiger partial charge in [-0.05, 0) is 43.7 Å². The molecule has 3 heteroatoms. The fraction of sp³-hybridized carbons (Fsp3) is 0.188. The van der Waals surface area contributed by atoms with Gasteiger partial charge in [-0.1, -0.05) is 23.8 Å². The summed E-state index contributed by atoms with van der Waals surface area (Å²) in [6, 6.07) is 13.2. The van der Waals surface area contributed by atoms with Crippen LogP contribution in [-0.4, -0.2) is 13.0 Å². The minimum Gasteiger partial charge on any atom is -0.399 e. The van der Waals surface area contributed by atoms with E-state index in [0.29, 0.717) is 5.69 Å². The lowest BCUT2D eigenvalue weighted by Gasteiger charge is -2.19. The molecular weight excluding hydrogens is 236 g/mol. The molecule has 2 aromatic carbocycles. The molecular formula is C16H18N2O. The lowest BCUT2D eigenvalue weighted by Crippen LogP contribution is -2.27. The summed E-state index contributed by atoms with van der Waals surface area (Å²) >= 11 is 0. The first-order valence-electron chi connectivity index (χ1n) is 6.20. The zero-order valence-corrected chi connectivity index (χ0v) is 11.5. The number of nitrogens with zero attached hydrogens (tertiary/aromatic N) is 1. The summed E-state index contributed by atoms with van der Waals surface area (Å²) in [6.07, 6.45) is 0. The molecule has 1 amide bonds. The van der Waals surface area contributed by atoms with Crippen LogP contribution >= 0.6 is 0 Å². The quantitative estimate of drug-likeness (QED) is 0.837. The zero-order chi connectivity index (χ0) is 14.0. The largest absolute Gasteiger partial charge is 0.399 e. The van der Waals surface area contributed by atoms with Crippen molar-refractivity contribution in [1.82, 2.24) is 0 Å². The van der Waals surface area contributed by atoms with Gasteiger partial charge in [-0.15, -0.1) is 0 Å². The van der Waals surface area contributed by atoms with Crippen molar-refractivity contribution < 1.29 is 4.79 Å². The van der Waals surface area contributed by atoms with Gasteiger partial charge in [0.05, 0.1) is 0 Å². The van der Waals surface area contributed by atoms with Crippen LogP contribution in [0.25, 0.3) is 0 Å². The van der Waals surface area contributed by atoms with Crippen LogP contribution in [0.1, 0.15) is 21.5 Å². The first-order chi connectivity index (χ1) is 8.99. The van der Waals surface area contributed by atoms with E-state index in [9.17, 15) is 4.79 Å². The summed E-state index contributed by atoms with van der Waals surface area (Å²) in [6.45, 7) is 3.97. The van der Waals surface area contributed by atoms with Gasteiger partial charge in [0.15, 0.2) is 0 Å². The molecule has 2 N–H and O–H groups in total. The number of rotatable bonds is 2. The van der Waals surface area contributed by atoms with Crippen molar-refractivity contribution in [1.29, 1.82) is 0 Å². The zero-order valence-electron chi connectivity index (χ0n) is 11.5. The van der Waals surface area contributed by atoms with Crippen LogP contribution in [0, 0.1) is 13.8 Å². The first-order valence-corrected chi connectivity index (χ1v) is 6.20. The first kappa shape index (κ1) is 13.1. The Kier molecular flexibility index (Phi) is 3.56. The highest BCUT2D eigenvalue weighted by molar-refractivity contribution is 6.06. The molecule has 0 atom stereocenters. The number of nitrogens with two attached hydrogens (primary N) is 1. The summed E-state index contributed by atoms with van der Waals surface area (Å²) in [7, 11) is 1.76. The van der Waals surface area contributed by atoms with Crippen LogP contribution in [0.2, 0.25) is 0 Å². The van der Waals surface area contributed by atoms with Crippen LogP contribution in [-0.2, 0) is 0 Å². The fourth-order valence-corrected chi connectivity index (χ4v) is 2.08. The third kappa shape index (κ3) is 2.76. The second-order valence-corrected chi connectivity index (χ2v) is 4.78. The van der Waals surface area contributed by atoms with Crippen molar-refractivity contribution in [3.05, 3.63) is 59.2 Å². The van der Waals surface area contributed by atoms with Gasteiger partial charge in [0.2, 0.25) is 0 Å². The Labute approximate surface area is 113 Å². The molecule has 98 valence electrons. The smallest absolute Gasteiger partial charge is 0.258 e. The van der Waals surface area contributed by atoms with Gasteiger partial charge in [0.1, 0.15) is 0 Å². The third-order valence-electron chi connectivity index (χ3n) is 3.17. The maximum Gasteiger partial charge on any atom is 0.258 e. The summed E-state index contributed by atoms with van der Waals surface area (Å²) in [4.78, 5) is 14.1. The highest BCUT2D eigenvalue weighted by Gasteiger charge is 2.15. The van der Waals surface area contributed by atoms with Crippen LogP contribution < -0.4 is 10.6 Å². The van der Waals surface area contributed by atoms with E-state index in [0.717, 1.165) is 22.4 Å². The van der Waals surface area contributed by atoms with Crippen molar-refractivity contribution >= 4 is 17.3 Å². The van der Waals surface area contributed by atoms with E-state index in [1.165, 1.54) is 0 Å². The number of carbonyl (C=O) groups is 1. The van der Waals surface area contributed by atoms with Crippen LogP contribution in [0.15, 0.2) is 42.5 Å². The van der Waals surface area contributed by atoms with Crippen molar-refractivity contribution in [3.8, 4) is 0 Å². The van der Waals surface area contributed by atoms with Gasteiger partial charge in [-0.2, -0.15) is 0 Å². The molecule has 0 saturated heterocycles. The summed E-state index contributed by atoms with van der Waals surface area (Å²) in [5.41, 5.74) is 10.1. The van der Waals surface area contributed by atoms with Crippen LogP contribution in [0.4, 0.5) is 11.4 Å². The minimum absolute atomic E-state index is 0.0249. The second-order valence-electron chi connectivity index (χ2n) is 4.78. The molecule has 2 aromatic rings. The monoisotopic (exact) mass is 254 g/mol. The number of amides is 1. The second kappa shape index (κ2) is 5.14. The summed E-state index contributed by atoms with van der Waals surface area (Å²) < 4.78 is 0. The average molecular weight is 254 g/mol. The Bertz CT molecular complexity index is 620. The minimum atomic E-state index is -0.0249. The molecule has 0 aliphatic rings. The molecule has 0 radical (unpaired) electrons. The Morgan fingerprint density at radius 2 is 1.84 bits per heavy atom. The molecule has 2 rings (SSSR count). The summed E-state index contributed by atoms with van der Waals surface area (Å²) in [5, 5.41) is 0. The predicted octanol–water partition coefficient (Wildman–Crippen LogP) is 3.16. The molecule has 0 heterocycles. The predicted molar refractivity (Wildman–Crippen MR) is 79.5 cm³/mol. The lowest BCUT2D eigenvalue weighted by molar-refractivity contribution is 0.0992. The Hall–Kier alpha value is -2.29. The molecule has 0 aromatic heterocycles. The lowest BCUT2D eigenvalue weighted by atomic mass is 10.0. The van der Waals surface area contributed by atoms with E-state index in [4.69, 9.17) is 5.73 Å². The molecule has 0 fully saturated rings. The number of anilines is 2. The SMILES string of the molecule is Cc1ccc(C(=O)N(C)c2cccc(N)c2)c(C)c1. The van der Waals surface area contributed by atoms with Crippen molar-refractivity contribution in [2.45, 2.75) is 13.8 Å². The standard InChI is InChI=1S/C16H18N2O/c1-11-7-8-15(12(2)9-11)16(19)18(3)14-6-4-5-13(17)10-14/h4-10H,17H2,1-3H3. The number of hydrogen-bond acceptors (Lipinski definition) is 2. The van der Waals surface area contributed by atoms with E-state index >= 15 is 0 Å². The topological polar surface area (TPSA) is 46.3 Å². The number of aryl methyl sites for hydroxylation is 2. The molecule has 0 aliphatic carbocycles. The van der Waals surface area contributed by atoms with E-state index < -0.39 is 0 Å². The highest BCUT2D eigenvalue weighted by atomic mass is 16.2. The fourth-order valence-electron chi connectivity index (χ4n) is 2.08. The Morgan fingerprint density at radius 1 is 1.11 bits per heavy atom. The van der Waals surface area contributed by atoms with Gasteiger partial charge < -0.3 is 10.6 Å². The highest BCUT2D eigenvalue weighted by Crippen LogP contribution is 2.20. The average Bonchev–Trinajstić information content (AvgIpc) is 2.37. The number of hydrogen-bond donors (Lipinski definition) is 1. The molecule has 0 spiro atoms. The van der Waals surface area contributed by atoms with E-state index in [1.807, 2.05) is 44.2 Å². The summed E-state index contributed by atoms with van der Waals surface area (Å²) in [5.74, 6) is -0.0249. The van der Waals surface area contributed by atoms with Crippen LogP contribution in [0.3, 0.4) is 0 Å². The van der Waals surface area contributed by atoms with E-state index in [1.54, 1.807) is 24.1 Å². The number of benzene rings is 2. The van der Waals surface area contributed by atoms with Gasteiger partial charge in [-0.25, -0.2) is 0 Å². The molecule has 0 bridgehead atoms. The third-order valence-corrected chi connectivity index (χ3v) is 3.17. The van der Waals surface area contributed by atoms with Crippen molar-refractivity contribution in [2.75, 3.05) is 17.7 Å². The maximum atomic E-state index is 12.5. The van der Waals surface area contributed by atoms with Gasteiger partial charge in [-0.3, -0.25) is 4.79 Å². The van der Waals surface area contributed by atoms with Crippen molar-refractivity contribution in [2.24, 2.45) is 0 Å². The van der Waals surface area contributed by atoms with Gasteiger partial charge >= 0.3 is 0 Å². The molecule has 0 saturated carbocycles. The van der Waals surface area contributed by atoms with E-state index in [2.05, 4.69) is 0 Å².